The van der Waals surface area contributed by atoms with E-state index in [4.69, 9.17) is 16.0 Å². The van der Waals surface area contributed by atoms with Crippen LogP contribution in [0.2, 0.25) is 5.02 Å². The number of hydrogen-bond donors (Lipinski definition) is 0. The van der Waals surface area contributed by atoms with Crippen molar-refractivity contribution in [1.82, 2.24) is 14.8 Å². The maximum absolute atomic E-state index is 10.8. The first kappa shape index (κ1) is 19.2. The Balaban J connectivity index is 1.61. The standard InChI is InChI=1S/C20H15ClN4O3S/c21-16-4-1-3-15(11-16)19-22-23-20(24(19)12-18-5-2-10-28-18)29-13-14-6-8-17(9-7-14)25(26)27/h1-11H,12-13H2. The largest absolute Gasteiger partial charge is 0.467 e. The lowest BCUT2D eigenvalue weighted by atomic mass is 10.2. The van der Waals surface area contributed by atoms with E-state index in [1.807, 2.05) is 41.0 Å². The molecule has 9 heteroatoms. The molecule has 0 spiro atoms. The zero-order valence-corrected chi connectivity index (χ0v) is 16.6. The summed E-state index contributed by atoms with van der Waals surface area (Å²) in [5.41, 5.74) is 1.89. The Kier molecular flexibility index (Phi) is 5.64. The molecule has 7 nitrogen and oxygen atoms in total. The van der Waals surface area contributed by atoms with Gasteiger partial charge in [0.1, 0.15) is 5.76 Å². The van der Waals surface area contributed by atoms with Crippen LogP contribution in [0.4, 0.5) is 5.69 Å². The third-order valence-electron chi connectivity index (χ3n) is 4.21. The minimum atomic E-state index is -0.409. The molecule has 0 aliphatic rings. The van der Waals surface area contributed by atoms with Gasteiger partial charge < -0.3 is 4.42 Å². The Labute approximate surface area is 175 Å². The Morgan fingerprint density at radius 2 is 1.93 bits per heavy atom. The molecule has 0 bridgehead atoms. The number of non-ortho nitro benzene ring substituents is 1. The fourth-order valence-corrected chi connectivity index (χ4v) is 3.88. The quantitative estimate of drug-likeness (QED) is 0.222. The maximum atomic E-state index is 10.8. The van der Waals surface area contributed by atoms with Gasteiger partial charge in [-0.3, -0.25) is 14.7 Å². The van der Waals surface area contributed by atoms with Gasteiger partial charge in [-0.15, -0.1) is 10.2 Å². The van der Waals surface area contributed by atoms with Crippen molar-refractivity contribution in [3.05, 3.63) is 93.4 Å². The molecule has 2 aromatic carbocycles. The van der Waals surface area contributed by atoms with Crippen LogP contribution < -0.4 is 0 Å². The van der Waals surface area contributed by atoms with Gasteiger partial charge in [-0.1, -0.05) is 47.6 Å². The van der Waals surface area contributed by atoms with Crippen LogP contribution in [-0.2, 0) is 12.3 Å². The first-order valence-corrected chi connectivity index (χ1v) is 10.0. The summed E-state index contributed by atoms with van der Waals surface area (Å²) in [6, 6.07) is 17.7. The number of benzene rings is 2. The van der Waals surface area contributed by atoms with E-state index in [9.17, 15) is 10.1 Å². The number of thioether (sulfide) groups is 1. The van der Waals surface area contributed by atoms with E-state index in [-0.39, 0.29) is 5.69 Å². The first-order valence-electron chi connectivity index (χ1n) is 8.68. The Morgan fingerprint density at radius 1 is 1.10 bits per heavy atom. The molecule has 2 heterocycles. The van der Waals surface area contributed by atoms with Gasteiger partial charge in [-0.2, -0.15) is 0 Å². The molecule has 2 aromatic heterocycles. The smallest absolute Gasteiger partial charge is 0.269 e. The van der Waals surface area contributed by atoms with Gasteiger partial charge >= 0.3 is 0 Å². The van der Waals surface area contributed by atoms with Crippen molar-refractivity contribution >= 4 is 29.1 Å². The molecule has 0 fully saturated rings. The van der Waals surface area contributed by atoms with Crippen LogP contribution >= 0.6 is 23.4 Å². The van der Waals surface area contributed by atoms with E-state index in [2.05, 4.69) is 10.2 Å². The summed E-state index contributed by atoms with van der Waals surface area (Å²) in [4.78, 5) is 10.4. The second-order valence-electron chi connectivity index (χ2n) is 6.19. The lowest BCUT2D eigenvalue weighted by molar-refractivity contribution is -0.384. The number of rotatable bonds is 7. The highest BCUT2D eigenvalue weighted by Gasteiger charge is 2.16. The fraction of sp³-hybridized carbons (Fsp3) is 0.100. The van der Waals surface area contributed by atoms with Crippen molar-refractivity contribution in [3.63, 3.8) is 0 Å². The van der Waals surface area contributed by atoms with E-state index < -0.39 is 4.92 Å². The van der Waals surface area contributed by atoms with Crippen LogP contribution in [-0.4, -0.2) is 19.7 Å². The topological polar surface area (TPSA) is 87.0 Å². The normalized spacial score (nSPS) is 10.9. The lowest BCUT2D eigenvalue weighted by Gasteiger charge is -2.09. The maximum Gasteiger partial charge on any atom is 0.269 e. The molecule has 0 aliphatic heterocycles. The van der Waals surface area contributed by atoms with Crippen LogP contribution in [0.1, 0.15) is 11.3 Å². The fourth-order valence-electron chi connectivity index (χ4n) is 2.80. The first-order chi connectivity index (χ1) is 14.1. The Bertz CT molecular complexity index is 1130. The van der Waals surface area contributed by atoms with E-state index in [0.717, 1.165) is 22.0 Å². The van der Waals surface area contributed by atoms with Crippen molar-refractivity contribution < 1.29 is 9.34 Å². The van der Waals surface area contributed by atoms with Crippen molar-refractivity contribution in [2.75, 3.05) is 0 Å². The molecule has 0 radical (unpaired) electrons. The molecule has 0 unspecified atom stereocenters. The zero-order valence-electron chi connectivity index (χ0n) is 15.1. The van der Waals surface area contributed by atoms with E-state index in [0.29, 0.717) is 23.1 Å². The van der Waals surface area contributed by atoms with Crippen LogP contribution in [0.25, 0.3) is 11.4 Å². The number of halogens is 1. The van der Waals surface area contributed by atoms with E-state index >= 15 is 0 Å². The minimum Gasteiger partial charge on any atom is -0.467 e. The van der Waals surface area contributed by atoms with Gasteiger partial charge in [0.15, 0.2) is 11.0 Å². The van der Waals surface area contributed by atoms with E-state index in [1.54, 1.807) is 18.4 Å². The number of furan rings is 1. The van der Waals surface area contributed by atoms with Gasteiger partial charge in [0.25, 0.3) is 5.69 Å². The molecule has 0 saturated heterocycles. The lowest BCUT2D eigenvalue weighted by Crippen LogP contribution is -2.03. The average molecular weight is 427 g/mol. The molecule has 4 rings (SSSR count). The molecule has 0 aliphatic carbocycles. The molecular weight excluding hydrogens is 412 g/mol. The van der Waals surface area contributed by atoms with Crippen molar-refractivity contribution in [2.24, 2.45) is 0 Å². The minimum absolute atomic E-state index is 0.0722. The molecule has 0 saturated carbocycles. The van der Waals surface area contributed by atoms with Gasteiger partial charge in [0.05, 0.1) is 17.7 Å². The van der Waals surface area contributed by atoms with Crippen molar-refractivity contribution in [1.29, 1.82) is 0 Å². The number of nitro benzene ring substituents is 1. The van der Waals surface area contributed by atoms with Gasteiger partial charge in [0.2, 0.25) is 0 Å². The summed E-state index contributed by atoms with van der Waals surface area (Å²) in [7, 11) is 0. The van der Waals surface area contributed by atoms with Crippen LogP contribution in [0.3, 0.4) is 0 Å². The van der Waals surface area contributed by atoms with Crippen LogP contribution in [0, 0.1) is 10.1 Å². The Hall–Kier alpha value is -3.10. The highest BCUT2D eigenvalue weighted by molar-refractivity contribution is 7.98. The third kappa shape index (κ3) is 4.49. The third-order valence-corrected chi connectivity index (χ3v) is 5.48. The summed E-state index contributed by atoms with van der Waals surface area (Å²) >= 11 is 7.64. The second kappa shape index (κ2) is 8.50. The van der Waals surface area contributed by atoms with Gasteiger partial charge in [0, 0.05) is 28.5 Å². The van der Waals surface area contributed by atoms with Gasteiger partial charge in [-0.05, 0) is 29.8 Å². The highest BCUT2D eigenvalue weighted by Crippen LogP contribution is 2.29. The molecule has 29 heavy (non-hydrogen) atoms. The molecule has 0 amide bonds. The molecule has 0 atom stereocenters. The summed E-state index contributed by atoms with van der Waals surface area (Å²) in [6.07, 6.45) is 1.63. The molecule has 0 N–H and O–H groups in total. The van der Waals surface area contributed by atoms with Crippen LogP contribution in [0.5, 0.6) is 0 Å². The molecule has 146 valence electrons. The summed E-state index contributed by atoms with van der Waals surface area (Å²) in [6.45, 7) is 0.477. The predicted molar refractivity (Wildman–Crippen MR) is 111 cm³/mol. The van der Waals surface area contributed by atoms with Gasteiger partial charge in [-0.25, -0.2) is 0 Å². The number of hydrogen-bond acceptors (Lipinski definition) is 6. The van der Waals surface area contributed by atoms with Crippen molar-refractivity contribution in [2.45, 2.75) is 17.5 Å². The monoisotopic (exact) mass is 426 g/mol. The second-order valence-corrected chi connectivity index (χ2v) is 7.57. The molecular formula is C20H15ClN4O3S. The van der Waals surface area contributed by atoms with E-state index in [1.165, 1.54) is 23.9 Å². The Morgan fingerprint density at radius 3 is 2.62 bits per heavy atom. The summed E-state index contributed by atoms with van der Waals surface area (Å²) in [5.74, 6) is 2.07. The summed E-state index contributed by atoms with van der Waals surface area (Å²) in [5, 5.41) is 20.9. The highest BCUT2D eigenvalue weighted by atomic mass is 35.5. The predicted octanol–water partition coefficient (Wildman–Crippen LogP) is 5.44. The number of nitrogens with zero attached hydrogens (tertiary/aromatic N) is 4. The SMILES string of the molecule is O=[N+]([O-])c1ccc(CSc2nnc(-c3cccc(Cl)c3)n2Cc2ccco2)cc1. The van der Waals surface area contributed by atoms with Crippen LogP contribution in [0.15, 0.2) is 76.5 Å². The zero-order chi connectivity index (χ0) is 20.2. The molecule has 4 aromatic rings. The average Bonchev–Trinajstić information content (AvgIpc) is 3.37. The number of aromatic nitrogens is 3. The summed E-state index contributed by atoms with van der Waals surface area (Å²) < 4.78 is 7.47. The van der Waals surface area contributed by atoms with Crippen molar-refractivity contribution in [3.8, 4) is 11.4 Å². The number of nitro groups is 1.